The molecule has 0 aromatic heterocycles. The molecule has 0 bridgehead atoms. The highest BCUT2D eigenvalue weighted by Crippen LogP contribution is 2.31. The fourth-order valence-corrected chi connectivity index (χ4v) is 1.85. The molecule has 1 aliphatic heterocycles. The zero-order valence-corrected chi connectivity index (χ0v) is 9.05. The Morgan fingerprint density at radius 1 is 1.14 bits per heavy atom. The zero-order valence-electron chi connectivity index (χ0n) is 7.54. The van der Waals surface area contributed by atoms with Crippen molar-refractivity contribution in [3.8, 4) is 0 Å². The molecule has 2 rings (SSSR count). The van der Waals surface area contributed by atoms with Crippen LogP contribution in [0.5, 0.6) is 0 Å². The lowest BCUT2D eigenvalue weighted by Crippen LogP contribution is -2.05. The van der Waals surface area contributed by atoms with Gasteiger partial charge < -0.3 is 4.74 Å². The van der Waals surface area contributed by atoms with E-state index in [1.165, 1.54) is 0 Å². The maximum atomic E-state index is 5.81. The van der Waals surface area contributed by atoms with E-state index in [9.17, 15) is 0 Å². The minimum absolute atomic E-state index is 0.0739. The van der Waals surface area contributed by atoms with Crippen LogP contribution in [-0.4, -0.2) is 0 Å². The van der Waals surface area contributed by atoms with Gasteiger partial charge in [0.2, 0.25) is 0 Å². The van der Waals surface area contributed by atoms with Gasteiger partial charge in [-0.15, -0.1) is 0 Å². The van der Waals surface area contributed by atoms with Crippen LogP contribution in [0.4, 0.5) is 0 Å². The first kappa shape index (κ1) is 9.88. The maximum absolute atomic E-state index is 5.81. The highest BCUT2D eigenvalue weighted by molar-refractivity contribution is 6.30. The lowest BCUT2D eigenvalue weighted by molar-refractivity contribution is 0.114. The van der Waals surface area contributed by atoms with Gasteiger partial charge in [0.1, 0.15) is 6.10 Å². The van der Waals surface area contributed by atoms with Crippen molar-refractivity contribution in [2.45, 2.75) is 18.9 Å². The van der Waals surface area contributed by atoms with Gasteiger partial charge in [0.15, 0.2) is 5.22 Å². The van der Waals surface area contributed by atoms with Gasteiger partial charge >= 0.3 is 0 Å². The molecule has 14 heavy (non-hydrogen) atoms. The van der Waals surface area contributed by atoms with Gasteiger partial charge in [-0.3, -0.25) is 0 Å². The third kappa shape index (κ3) is 2.23. The second-order valence-corrected chi connectivity index (χ2v) is 4.05. The van der Waals surface area contributed by atoms with Crippen LogP contribution < -0.4 is 0 Å². The number of halogens is 2. The Balaban J connectivity index is 2.16. The lowest BCUT2D eigenvalue weighted by Gasteiger charge is -2.21. The van der Waals surface area contributed by atoms with Crippen molar-refractivity contribution in [1.82, 2.24) is 0 Å². The molecule has 1 heterocycles. The molecule has 0 amide bonds. The molecule has 1 unspecified atom stereocenters. The number of rotatable bonds is 1. The van der Waals surface area contributed by atoms with Crippen molar-refractivity contribution in [1.29, 1.82) is 0 Å². The quantitative estimate of drug-likeness (QED) is 0.698. The normalized spacial score (nSPS) is 21.3. The van der Waals surface area contributed by atoms with Crippen LogP contribution in [0, 0.1) is 0 Å². The van der Waals surface area contributed by atoms with Crippen molar-refractivity contribution in [3.63, 3.8) is 0 Å². The molecule has 0 N–H and O–H groups in total. The predicted molar refractivity (Wildman–Crippen MR) is 58.4 cm³/mol. The molecule has 3 heteroatoms. The second-order valence-electron chi connectivity index (χ2n) is 3.24. The van der Waals surface area contributed by atoms with E-state index in [4.69, 9.17) is 27.9 Å². The topological polar surface area (TPSA) is 9.23 Å². The first-order chi connectivity index (χ1) is 6.75. The Hall–Kier alpha value is -0.660. The summed E-state index contributed by atoms with van der Waals surface area (Å²) in [6.45, 7) is 0. The summed E-state index contributed by atoms with van der Waals surface area (Å²) in [6.07, 6.45) is 3.91. The minimum atomic E-state index is 0.0739. The monoisotopic (exact) mass is 228 g/mol. The van der Waals surface area contributed by atoms with E-state index in [1.54, 1.807) is 0 Å². The Labute approximate surface area is 93.3 Å². The molecular formula is C11H10Cl2O. The zero-order chi connectivity index (χ0) is 9.97. The van der Waals surface area contributed by atoms with E-state index in [-0.39, 0.29) is 6.10 Å². The fourth-order valence-electron chi connectivity index (χ4n) is 1.50. The molecule has 74 valence electrons. The number of benzene rings is 1. The predicted octanol–water partition coefficient (Wildman–Crippen LogP) is 4.27. The summed E-state index contributed by atoms with van der Waals surface area (Å²) in [6, 6.07) is 7.68. The van der Waals surface area contributed by atoms with Crippen molar-refractivity contribution < 1.29 is 4.74 Å². The molecule has 0 saturated heterocycles. The highest BCUT2D eigenvalue weighted by atomic mass is 35.5. The molecule has 0 aliphatic carbocycles. The molecule has 1 nitrogen and oxygen atoms in total. The molecule has 0 saturated carbocycles. The summed E-state index contributed by atoms with van der Waals surface area (Å²) in [5.74, 6) is 0. The lowest BCUT2D eigenvalue weighted by atomic mass is 10.0. The van der Waals surface area contributed by atoms with Crippen molar-refractivity contribution in [2.24, 2.45) is 0 Å². The summed E-state index contributed by atoms with van der Waals surface area (Å²) >= 11 is 11.6. The molecular weight excluding hydrogens is 219 g/mol. The summed E-state index contributed by atoms with van der Waals surface area (Å²) in [4.78, 5) is 0. The van der Waals surface area contributed by atoms with Gasteiger partial charge in [-0.25, -0.2) is 0 Å². The van der Waals surface area contributed by atoms with E-state index in [1.807, 2.05) is 30.3 Å². The molecule has 0 spiro atoms. The number of allylic oxidation sites excluding steroid dienone is 1. The van der Waals surface area contributed by atoms with Crippen molar-refractivity contribution in [2.75, 3.05) is 0 Å². The Morgan fingerprint density at radius 2 is 1.86 bits per heavy atom. The van der Waals surface area contributed by atoms with Crippen LogP contribution in [0.25, 0.3) is 0 Å². The summed E-state index contributed by atoms with van der Waals surface area (Å²) < 4.78 is 5.50. The summed E-state index contributed by atoms with van der Waals surface area (Å²) in [5.41, 5.74) is 1.13. The van der Waals surface area contributed by atoms with Gasteiger partial charge in [0.25, 0.3) is 0 Å². The van der Waals surface area contributed by atoms with Crippen LogP contribution >= 0.6 is 23.2 Å². The molecule has 0 radical (unpaired) electrons. The maximum Gasteiger partial charge on any atom is 0.183 e. The van der Waals surface area contributed by atoms with Crippen molar-refractivity contribution >= 4 is 23.2 Å². The fraction of sp³-hybridized carbons (Fsp3) is 0.273. The average Bonchev–Trinajstić information content (AvgIpc) is 2.19. The van der Waals surface area contributed by atoms with Crippen LogP contribution in [0.2, 0.25) is 5.02 Å². The third-order valence-electron chi connectivity index (χ3n) is 2.23. The molecule has 1 aromatic carbocycles. The van der Waals surface area contributed by atoms with E-state index in [2.05, 4.69) is 0 Å². The molecule has 0 fully saturated rings. The van der Waals surface area contributed by atoms with E-state index >= 15 is 0 Å². The van der Waals surface area contributed by atoms with Crippen LogP contribution in [0.15, 0.2) is 35.6 Å². The molecule has 1 aliphatic rings. The summed E-state index contributed by atoms with van der Waals surface area (Å²) in [7, 11) is 0. The summed E-state index contributed by atoms with van der Waals surface area (Å²) in [5, 5.41) is 1.24. The van der Waals surface area contributed by atoms with E-state index < -0.39 is 0 Å². The first-order valence-corrected chi connectivity index (χ1v) is 5.29. The number of ether oxygens (including phenoxy) is 1. The highest BCUT2D eigenvalue weighted by Gasteiger charge is 2.16. The van der Waals surface area contributed by atoms with Crippen LogP contribution in [0.3, 0.4) is 0 Å². The van der Waals surface area contributed by atoms with Crippen LogP contribution in [-0.2, 0) is 4.74 Å². The SMILES string of the molecule is ClC1=CCCC(c2ccc(Cl)cc2)O1. The van der Waals surface area contributed by atoms with Gasteiger partial charge in [-0.2, -0.15) is 0 Å². The third-order valence-corrected chi connectivity index (χ3v) is 2.73. The standard InChI is InChI=1S/C11H10Cl2O/c12-9-6-4-8(5-7-9)10-2-1-3-11(13)14-10/h3-7,10H,1-2H2. The Morgan fingerprint density at radius 3 is 2.50 bits per heavy atom. The van der Waals surface area contributed by atoms with Gasteiger partial charge in [0.05, 0.1) is 0 Å². The average molecular weight is 229 g/mol. The number of hydrogen-bond acceptors (Lipinski definition) is 1. The van der Waals surface area contributed by atoms with Crippen LogP contribution in [0.1, 0.15) is 24.5 Å². The smallest absolute Gasteiger partial charge is 0.183 e. The van der Waals surface area contributed by atoms with Gasteiger partial charge in [-0.1, -0.05) is 23.7 Å². The Bertz CT molecular complexity index is 343. The molecule has 1 aromatic rings. The first-order valence-electron chi connectivity index (χ1n) is 4.53. The largest absolute Gasteiger partial charge is 0.475 e. The second kappa shape index (κ2) is 4.24. The van der Waals surface area contributed by atoms with Gasteiger partial charge in [-0.05, 0) is 48.2 Å². The van der Waals surface area contributed by atoms with E-state index in [0.29, 0.717) is 5.22 Å². The number of hydrogen-bond donors (Lipinski definition) is 0. The Kier molecular flexibility index (Phi) is 2.99. The van der Waals surface area contributed by atoms with Gasteiger partial charge in [0, 0.05) is 5.02 Å². The molecule has 1 atom stereocenters. The van der Waals surface area contributed by atoms with E-state index in [0.717, 1.165) is 23.4 Å². The minimum Gasteiger partial charge on any atom is -0.475 e. The van der Waals surface area contributed by atoms with Crippen molar-refractivity contribution in [3.05, 3.63) is 46.1 Å².